The van der Waals surface area contributed by atoms with Crippen LogP contribution in [0.4, 0.5) is 10.5 Å². The highest BCUT2D eigenvalue weighted by Crippen LogP contribution is 2.18. The van der Waals surface area contributed by atoms with Gasteiger partial charge in [0.2, 0.25) is 0 Å². The van der Waals surface area contributed by atoms with Gasteiger partial charge in [0.1, 0.15) is 5.82 Å². The molecule has 3 rings (SSSR count). The Morgan fingerprint density at radius 2 is 1.96 bits per heavy atom. The van der Waals surface area contributed by atoms with Gasteiger partial charge in [-0.05, 0) is 25.1 Å². The van der Waals surface area contributed by atoms with Crippen LogP contribution in [0.2, 0.25) is 0 Å². The maximum Gasteiger partial charge on any atom is 0.317 e. The van der Waals surface area contributed by atoms with Crippen molar-refractivity contribution in [3.8, 4) is 0 Å². The van der Waals surface area contributed by atoms with E-state index in [1.165, 1.54) is 0 Å². The van der Waals surface area contributed by atoms with Crippen molar-refractivity contribution < 1.29 is 4.79 Å². The highest BCUT2D eigenvalue weighted by Gasteiger charge is 2.14. The molecule has 0 aliphatic rings. The van der Waals surface area contributed by atoms with Crippen LogP contribution in [0.3, 0.4) is 0 Å². The Morgan fingerprint density at radius 3 is 2.63 bits per heavy atom. The van der Waals surface area contributed by atoms with Gasteiger partial charge in [0.15, 0.2) is 5.65 Å². The molecule has 0 radical (unpaired) electrons. The molecule has 138 valence electrons. The average Bonchev–Trinajstić information content (AvgIpc) is 3.03. The first kappa shape index (κ1) is 18.1. The van der Waals surface area contributed by atoms with Crippen LogP contribution in [0.1, 0.15) is 12.5 Å². The van der Waals surface area contributed by atoms with E-state index in [0.29, 0.717) is 11.5 Å². The summed E-state index contributed by atoms with van der Waals surface area (Å²) in [6.45, 7) is 1.86. The zero-order valence-electron chi connectivity index (χ0n) is 15.4. The minimum atomic E-state index is -0.663. The summed E-state index contributed by atoms with van der Waals surface area (Å²) in [6, 6.07) is 10.8. The molecule has 3 aromatic rings. The van der Waals surface area contributed by atoms with Crippen molar-refractivity contribution >= 4 is 28.5 Å². The van der Waals surface area contributed by atoms with E-state index in [1.807, 2.05) is 50.4 Å². The Balaban J connectivity index is 2.03. The lowest BCUT2D eigenvalue weighted by Gasteiger charge is -2.16. The summed E-state index contributed by atoms with van der Waals surface area (Å²) >= 11 is 0. The molecule has 4 N–H and O–H groups in total. The van der Waals surface area contributed by atoms with E-state index in [9.17, 15) is 4.79 Å². The van der Waals surface area contributed by atoms with Crippen molar-refractivity contribution in [2.24, 2.45) is 17.8 Å². The van der Waals surface area contributed by atoms with Gasteiger partial charge in [0, 0.05) is 42.5 Å². The Kier molecular flexibility index (Phi) is 5.16. The Labute approximate surface area is 156 Å². The number of carbonyl (C=O) groups is 1. The third kappa shape index (κ3) is 3.95. The lowest BCUT2D eigenvalue weighted by Crippen LogP contribution is -2.33. The number of aliphatic imine (C=N–C) groups is 1. The minimum absolute atomic E-state index is 0.459. The molecule has 0 saturated heterocycles. The molecule has 0 atom stereocenters. The van der Waals surface area contributed by atoms with Gasteiger partial charge >= 0.3 is 6.03 Å². The summed E-state index contributed by atoms with van der Waals surface area (Å²) in [6.07, 6.45) is 3.49. The zero-order chi connectivity index (χ0) is 19.4. The molecule has 0 aliphatic heterocycles. The van der Waals surface area contributed by atoms with Crippen molar-refractivity contribution in [3.63, 3.8) is 0 Å². The van der Waals surface area contributed by atoms with E-state index < -0.39 is 6.03 Å². The number of hydrogen-bond acceptors (Lipinski definition) is 5. The molecular weight excluding hydrogens is 342 g/mol. The SMILES string of the molecule is CN=C(/C(C)=C(/NC(N)=O)Nc1ccccc1)c1cnc2c(cnn2C)c1. The molecule has 0 saturated carbocycles. The Hall–Kier alpha value is -3.68. The number of urea groups is 1. The third-order valence-electron chi connectivity index (χ3n) is 4.09. The van der Waals surface area contributed by atoms with E-state index in [1.54, 1.807) is 24.1 Å². The number of nitrogens with one attached hydrogen (secondary N) is 2. The summed E-state index contributed by atoms with van der Waals surface area (Å²) in [5, 5.41) is 10.9. The van der Waals surface area contributed by atoms with Crippen molar-refractivity contribution in [2.45, 2.75) is 6.92 Å². The first-order valence-corrected chi connectivity index (χ1v) is 8.34. The van der Waals surface area contributed by atoms with E-state index in [-0.39, 0.29) is 0 Å². The van der Waals surface area contributed by atoms with E-state index in [2.05, 4.69) is 25.7 Å². The standard InChI is InChI=1S/C19H21N7O/c1-12(17(25-19(20)27)24-15-7-5-4-6-8-15)16(21-2)13-9-14-11-23-26(3)18(14)22-10-13/h4-11,24H,1-3H3,(H3,20,25,27)/b17-12+,21-16?. The number of carbonyl (C=O) groups excluding carboxylic acids is 1. The normalized spacial score (nSPS) is 12.6. The fourth-order valence-corrected chi connectivity index (χ4v) is 2.81. The second kappa shape index (κ2) is 7.69. The molecule has 0 bridgehead atoms. The molecule has 0 spiro atoms. The lowest BCUT2D eigenvalue weighted by atomic mass is 10.0. The minimum Gasteiger partial charge on any atom is -0.351 e. The molecule has 27 heavy (non-hydrogen) atoms. The molecule has 2 aromatic heterocycles. The van der Waals surface area contributed by atoms with Crippen molar-refractivity contribution in [1.82, 2.24) is 20.1 Å². The number of amides is 2. The van der Waals surface area contributed by atoms with Crippen LogP contribution in [0.5, 0.6) is 0 Å². The Morgan fingerprint density at radius 1 is 1.22 bits per heavy atom. The molecule has 8 nitrogen and oxygen atoms in total. The number of primary amides is 1. The number of para-hydroxylation sites is 1. The number of allylic oxidation sites excluding steroid dienone is 1. The number of nitrogens with zero attached hydrogens (tertiary/aromatic N) is 4. The fraction of sp³-hybridized carbons (Fsp3) is 0.158. The number of hydrogen-bond donors (Lipinski definition) is 3. The highest BCUT2D eigenvalue weighted by atomic mass is 16.2. The molecule has 0 aliphatic carbocycles. The number of aryl methyl sites for hydroxylation is 1. The number of nitrogens with two attached hydrogens (primary N) is 1. The number of pyridine rings is 1. The molecule has 0 fully saturated rings. The van der Waals surface area contributed by atoms with Crippen molar-refractivity contribution in [3.05, 3.63) is 65.7 Å². The van der Waals surface area contributed by atoms with Gasteiger partial charge in [-0.1, -0.05) is 18.2 Å². The van der Waals surface area contributed by atoms with Gasteiger partial charge in [0.25, 0.3) is 0 Å². The van der Waals surface area contributed by atoms with E-state index in [4.69, 9.17) is 5.73 Å². The van der Waals surface area contributed by atoms with Crippen LogP contribution in [-0.4, -0.2) is 33.6 Å². The van der Waals surface area contributed by atoms with Gasteiger partial charge in [-0.15, -0.1) is 0 Å². The predicted molar refractivity (Wildman–Crippen MR) is 106 cm³/mol. The van der Waals surface area contributed by atoms with Crippen LogP contribution < -0.4 is 16.4 Å². The second-order valence-electron chi connectivity index (χ2n) is 5.96. The smallest absolute Gasteiger partial charge is 0.317 e. The van der Waals surface area contributed by atoms with Crippen LogP contribution in [0.15, 0.2) is 65.2 Å². The number of rotatable bonds is 5. The van der Waals surface area contributed by atoms with Crippen LogP contribution in [0, 0.1) is 0 Å². The summed E-state index contributed by atoms with van der Waals surface area (Å²) < 4.78 is 1.71. The molecule has 2 heterocycles. The van der Waals surface area contributed by atoms with E-state index >= 15 is 0 Å². The second-order valence-corrected chi connectivity index (χ2v) is 5.96. The maximum absolute atomic E-state index is 11.5. The summed E-state index contributed by atoms with van der Waals surface area (Å²) in [5.41, 5.74) is 9.18. The van der Waals surface area contributed by atoms with Crippen LogP contribution in [-0.2, 0) is 7.05 Å². The van der Waals surface area contributed by atoms with Gasteiger partial charge in [0.05, 0.1) is 11.9 Å². The number of benzene rings is 1. The monoisotopic (exact) mass is 363 g/mol. The molecule has 0 unspecified atom stereocenters. The quantitative estimate of drug-likeness (QED) is 0.605. The van der Waals surface area contributed by atoms with Gasteiger partial charge in [-0.3, -0.25) is 15.0 Å². The van der Waals surface area contributed by atoms with Crippen molar-refractivity contribution in [1.29, 1.82) is 0 Å². The number of anilines is 1. The zero-order valence-corrected chi connectivity index (χ0v) is 15.4. The lowest BCUT2D eigenvalue weighted by molar-refractivity contribution is 0.251. The Bertz CT molecular complexity index is 1030. The highest BCUT2D eigenvalue weighted by molar-refractivity contribution is 6.13. The number of aromatic nitrogens is 3. The summed E-state index contributed by atoms with van der Waals surface area (Å²) in [7, 11) is 3.53. The predicted octanol–water partition coefficient (Wildman–Crippen LogP) is 2.40. The molecule has 1 aromatic carbocycles. The average molecular weight is 363 g/mol. The maximum atomic E-state index is 11.5. The van der Waals surface area contributed by atoms with Gasteiger partial charge in [-0.2, -0.15) is 5.10 Å². The molecule has 2 amide bonds. The van der Waals surface area contributed by atoms with E-state index in [0.717, 1.165) is 27.9 Å². The summed E-state index contributed by atoms with van der Waals surface area (Å²) in [4.78, 5) is 20.4. The molecular formula is C19H21N7O. The molecule has 8 heteroatoms. The van der Waals surface area contributed by atoms with Crippen LogP contribution >= 0.6 is 0 Å². The fourth-order valence-electron chi connectivity index (χ4n) is 2.81. The van der Waals surface area contributed by atoms with Crippen LogP contribution in [0.25, 0.3) is 11.0 Å². The van der Waals surface area contributed by atoms with Gasteiger partial charge < -0.3 is 11.1 Å². The largest absolute Gasteiger partial charge is 0.351 e. The topological polar surface area (TPSA) is 110 Å². The first-order valence-electron chi connectivity index (χ1n) is 8.34. The third-order valence-corrected chi connectivity index (χ3v) is 4.09. The summed E-state index contributed by atoms with van der Waals surface area (Å²) in [5.74, 6) is 0.459. The van der Waals surface area contributed by atoms with Crippen molar-refractivity contribution in [2.75, 3.05) is 12.4 Å². The first-order chi connectivity index (χ1) is 13.0. The van der Waals surface area contributed by atoms with Gasteiger partial charge in [-0.25, -0.2) is 9.78 Å². The number of fused-ring (bicyclic) bond motifs is 1.